The lowest BCUT2D eigenvalue weighted by Gasteiger charge is -2.30. The number of hydrogen-bond donors (Lipinski definition) is 1. The Hall–Kier alpha value is -2.42. The van der Waals surface area contributed by atoms with Gasteiger partial charge in [0.1, 0.15) is 5.57 Å². The summed E-state index contributed by atoms with van der Waals surface area (Å²) in [6.45, 7) is 5.77. The zero-order valence-electron chi connectivity index (χ0n) is 18.0. The third-order valence-electron chi connectivity index (χ3n) is 5.04. The Kier molecular flexibility index (Phi) is 7.59. The van der Waals surface area contributed by atoms with Crippen LogP contribution < -0.4 is 19.7 Å². The molecule has 1 N–H and O–H groups in total. The van der Waals surface area contributed by atoms with Gasteiger partial charge in [0, 0.05) is 5.02 Å². The maximum absolute atomic E-state index is 13.3. The lowest BCUT2D eigenvalue weighted by molar-refractivity contribution is -0.122. The number of thiocarbonyl (C=S) groups is 1. The van der Waals surface area contributed by atoms with Gasteiger partial charge in [-0.1, -0.05) is 24.6 Å². The van der Waals surface area contributed by atoms with Gasteiger partial charge in [0.05, 0.1) is 23.4 Å². The number of benzene rings is 2. The minimum absolute atomic E-state index is 0.00132. The number of nitrogens with zero attached hydrogens (tertiary/aromatic N) is 1. The first-order valence-corrected chi connectivity index (χ1v) is 11.5. The molecule has 0 aromatic heterocycles. The Morgan fingerprint density at radius 3 is 2.69 bits per heavy atom. The molecule has 0 bridgehead atoms. The quantitative estimate of drug-likeness (QED) is 0.302. The van der Waals surface area contributed by atoms with E-state index in [1.165, 1.54) is 18.1 Å². The molecule has 1 heterocycles. The summed E-state index contributed by atoms with van der Waals surface area (Å²) >= 11 is 15.0. The molecule has 0 aliphatic carbocycles. The van der Waals surface area contributed by atoms with Gasteiger partial charge in [0.2, 0.25) is 0 Å². The summed E-state index contributed by atoms with van der Waals surface area (Å²) in [5, 5.41) is 3.07. The average Bonchev–Trinajstić information content (AvgIpc) is 2.75. The van der Waals surface area contributed by atoms with Gasteiger partial charge in [-0.25, -0.2) is 0 Å². The summed E-state index contributed by atoms with van der Waals surface area (Å²) in [5.41, 5.74) is 1.70. The third kappa shape index (κ3) is 4.82. The maximum Gasteiger partial charge on any atom is 0.270 e. The molecule has 168 valence electrons. The van der Waals surface area contributed by atoms with E-state index in [-0.39, 0.29) is 16.8 Å². The highest BCUT2D eigenvalue weighted by Crippen LogP contribution is 2.38. The Labute approximate surface area is 205 Å². The molecule has 3 rings (SSSR count). The minimum atomic E-state index is -0.578. The van der Waals surface area contributed by atoms with Crippen molar-refractivity contribution in [1.29, 1.82) is 0 Å². The van der Waals surface area contributed by atoms with Crippen molar-refractivity contribution in [3.8, 4) is 11.5 Å². The Bertz CT molecular complexity index is 1140. The van der Waals surface area contributed by atoms with Crippen molar-refractivity contribution in [2.75, 3.05) is 12.0 Å². The number of ether oxygens (including phenoxy) is 2. The molecule has 2 amide bonds. The van der Waals surface area contributed by atoms with Crippen molar-refractivity contribution in [2.45, 2.75) is 33.3 Å². The van der Waals surface area contributed by atoms with E-state index < -0.39 is 11.8 Å². The minimum Gasteiger partial charge on any atom is -0.493 e. The van der Waals surface area contributed by atoms with Gasteiger partial charge in [0.15, 0.2) is 16.6 Å². The number of anilines is 1. The molecule has 6 nitrogen and oxygen atoms in total. The maximum atomic E-state index is 13.3. The van der Waals surface area contributed by atoms with Gasteiger partial charge in [-0.2, -0.15) is 0 Å². The normalized spacial score (nSPS) is 16.2. The second-order valence-electron chi connectivity index (χ2n) is 7.21. The smallest absolute Gasteiger partial charge is 0.270 e. The van der Waals surface area contributed by atoms with Gasteiger partial charge in [-0.3, -0.25) is 19.8 Å². The first kappa shape index (κ1) is 24.2. The largest absolute Gasteiger partial charge is 0.493 e. The van der Waals surface area contributed by atoms with E-state index in [1.807, 2.05) is 13.8 Å². The van der Waals surface area contributed by atoms with Crippen LogP contribution in [0.5, 0.6) is 11.5 Å². The van der Waals surface area contributed by atoms with E-state index in [0.29, 0.717) is 37.8 Å². The van der Waals surface area contributed by atoms with E-state index in [1.54, 1.807) is 37.3 Å². The van der Waals surface area contributed by atoms with Gasteiger partial charge in [-0.15, -0.1) is 0 Å². The van der Waals surface area contributed by atoms with Crippen LogP contribution in [0.15, 0.2) is 40.4 Å². The number of nitrogens with one attached hydrogen (secondary N) is 1. The molecule has 1 saturated heterocycles. The van der Waals surface area contributed by atoms with E-state index in [4.69, 9.17) is 33.3 Å². The van der Waals surface area contributed by atoms with Crippen molar-refractivity contribution in [3.63, 3.8) is 0 Å². The Balaban J connectivity index is 2.04. The highest BCUT2D eigenvalue weighted by Gasteiger charge is 2.35. The number of amides is 2. The molecule has 9 heteroatoms. The highest BCUT2D eigenvalue weighted by molar-refractivity contribution is 9.10. The topological polar surface area (TPSA) is 67.9 Å². The van der Waals surface area contributed by atoms with Crippen LogP contribution in [0.25, 0.3) is 6.08 Å². The fourth-order valence-electron chi connectivity index (χ4n) is 3.10. The van der Waals surface area contributed by atoms with Crippen molar-refractivity contribution in [2.24, 2.45) is 0 Å². The van der Waals surface area contributed by atoms with Crippen LogP contribution in [0.4, 0.5) is 5.69 Å². The number of methoxy groups -OCH3 is 1. The molecule has 2 aromatic carbocycles. The number of carbonyl (C=O) groups is 2. The second-order valence-corrected chi connectivity index (χ2v) is 8.86. The molecule has 2 aromatic rings. The van der Waals surface area contributed by atoms with Crippen molar-refractivity contribution < 1.29 is 19.1 Å². The summed E-state index contributed by atoms with van der Waals surface area (Å²) in [5.74, 6) is -0.0841. The number of rotatable bonds is 6. The zero-order chi connectivity index (χ0) is 23.6. The summed E-state index contributed by atoms with van der Waals surface area (Å²) in [7, 11) is 1.53. The van der Waals surface area contributed by atoms with Crippen LogP contribution in [0.2, 0.25) is 5.02 Å². The SMILES string of the molecule is CC[C@@H](C)Oc1c(Br)cc(/C=C2\C(=O)NC(=S)N(c3cccc(Cl)c3C)C2=O)cc1OC. The van der Waals surface area contributed by atoms with Gasteiger partial charge >= 0.3 is 0 Å². The summed E-state index contributed by atoms with van der Waals surface area (Å²) in [6, 6.07) is 8.63. The molecule has 32 heavy (non-hydrogen) atoms. The lowest BCUT2D eigenvalue weighted by Crippen LogP contribution is -2.54. The van der Waals surface area contributed by atoms with E-state index in [9.17, 15) is 9.59 Å². The molecule has 0 spiro atoms. The Morgan fingerprint density at radius 1 is 1.31 bits per heavy atom. The van der Waals surface area contributed by atoms with Gasteiger partial charge < -0.3 is 9.47 Å². The molecule has 1 atom stereocenters. The Morgan fingerprint density at radius 2 is 2.03 bits per heavy atom. The molecule has 1 aliphatic heterocycles. The van der Waals surface area contributed by atoms with Gasteiger partial charge in [-0.05, 0) is 89.9 Å². The van der Waals surface area contributed by atoms with E-state index >= 15 is 0 Å². The average molecular weight is 538 g/mol. The van der Waals surface area contributed by atoms with Crippen molar-refractivity contribution >= 4 is 68.4 Å². The molecule has 0 radical (unpaired) electrons. The van der Waals surface area contributed by atoms with Crippen molar-refractivity contribution in [1.82, 2.24) is 5.32 Å². The predicted molar refractivity (Wildman–Crippen MR) is 133 cm³/mol. The zero-order valence-corrected chi connectivity index (χ0v) is 21.2. The fourth-order valence-corrected chi connectivity index (χ4v) is 4.10. The third-order valence-corrected chi connectivity index (χ3v) is 6.32. The van der Waals surface area contributed by atoms with Gasteiger partial charge in [0.25, 0.3) is 11.8 Å². The second kappa shape index (κ2) is 10.0. The monoisotopic (exact) mass is 536 g/mol. The molecule has 1 fully saturated rings. The first-order valence-electron chi connectivity index (χ1n) is 9.88. The van der Waals surface area contributed by atoms with E-state index in [0.717, 1.165) is 6.42 Å². The van der Waals surface area contributed by atoms with Crippen LogP contribution in [-0.2, 0) is 9.59 Å². The summed E-state index contributed by atoms with van der Waals surface area (Å²) in [6.07, 6.45) is 2.31. The van der Waals surface area contributed by atoms with Crippen LogP contribution in [0.3, 0.4) is 0 Å². The number of carbonyl (C=O) groups excluding carboxylic acids is 2. The molecule has 0 saturated carbocycles. The standard InChI is InChI=1S/C23H22BrClN2O4S/c1-5-12(2)31-20-16(24)10-14(11-19(20)30-4)9-15-21(28)26-23(32)27(22(15)29)18-8-6-7-17(25)13(18)3/h6-12H,5H2,1-4H3,(H,26,28,32)/b15-9+/t12-/m1/s1. The van der Waals surface area contributed by atoms with Crippen LogP contribution in [-0.4, -0.2) is 30.1 Å². The molecule has 1 aliphatic rings. The molecular formula is C23H22BrClN2O4S. The molecule has 0 unspecified atom stereocenters. The predicted octanol–water partition coefficient (Wildman–Crippen LogP) is 5.43. The fraction of sp³-hybridized carbons (Fsp3) is 0.261. The highest BCUT2D eigenvalue weighted by atomic mass is 79.9. The van der Waals surface area contributed by atoms with E-state index in [2.05, 4.69) is 21.2 Å². The van der Waals surface area contributed by atoms with Crippen LogP contribution >= 0.6 is 39.7 Å². The van der Waals surface area contributed by atoms with Crippen LogP contribution in [0.1, 0.15) is 31.4 Å². The molecular weight excluding hydrogens is 516 g/mol. The van der Waals surface area contributed by atoms with Crippen molar-refractivity contribution in [3.05, 3.63) is 56.5 Å². The summed E-state index contributed by atoms with van der Waals surface area (Å²) < 4.78 is 12.1. The first-order chi connectivity index (χ1) is 15.2. The summed E-state index contributed by atoms with van der Waals surface area (Å²) in [4.78, 5) is 27.2. The lowest BCUT2D eigenvalue weighted by atomic mass is 10.1. The number of halogens is 2. The van der Waals surface area contributed by atoms with Crippen LogP contribution in [0, 0.1) is 6.92 Å². The number of hydrogen-bond acceptors (Lipinski definition) is 5.